The molecule has 2 amide bonds. The molecule has 0 saturated carbocycles. The lowest BCUT2D eigenvalue weighted by atomic mass is 9.60. The molecule has 2 aromatic rings. The fourth-order valence-corrected chi connectivity index (χ4v) is 5.83. The first kappa shape index (κ1) is 19.9. The molecule has 3 aliphatic heterocycles. The van der Waals surface area contributed by atoms with E-state index in [2.05, 4.69) is 19.9 Å². The van der Waals surface area contributed by atoms with Gasteiger partial charge in [0.1, 0.15) is 5.69 Å². The van der Waals surface area contributed by atoms with E-state index in [4.69, 9.17) is 0 Å². The zero-order chi connectivity index (χ0) is 21.6. The molecule has 0 radical (unpaired) electrons. The number of carbonyl (C=O) groups is 2. The molecular weight excluding hydrogens is 392 g/mol. The Bertz CT molecular complexity index is 1000. The van der Waals surface area contributed by atoms with E-state index in [-0.39, 0.29) is 17.2 Å². The Morgan fingerprint density at radius 1 is 1.00 bits per heavy atom. The minimum Gasteiger partial charge on any atom is -0.345 e. The third-order valence-corrected chi connectivity index (χ3v) is 7.55. The zero-order valence-corrected chi connectivity index (χ0v) is 18.1. The van der Waals surface area contributed by atoms with Gasteiger partial charge in [0.05, 0.1) is 5.41 Å². The molecule has 8 heteroatoms. The number of amides is 2. The fraction of sp³-hybridized carbons (Fsp3) is 0.522. The van der Waals surface area contributed by atoms with Crippen LogP contribution in [0.5, 0.6) is 0 Å². The first-order chi connectivity index (χ1) is 14.9. The van der Waals surface area contributed by atoms with Gasteiger partial charge in [0.25, 0.3) is 5.91 Å². The Kier molecular flexibility index (Phi) is 4.68. The minimum atomic E-state index is -0.433. The molecule has 0 bridgehead atoms. The summed E-state index contributed by atoms with van der Waals surface area (Å²) in [5.74, 6) is 0.887. The summed E-state index contributed by atoms with van der Waals surface area (Å²) in [7, 11) is 1.90. The molecule has 3 fully saturated rings. The van der Waals surface area contributed by atoms with Crippen LogP contribution in [0, 0.1) is 17.8 Å². The number of anilines is 1. The first-order valence-corrected chi connectivity index (χ1v) is 10.9. The van der Waals surface area contributed by atoms with Crippen LogP contribution in [0.3, 0.4) is 0 Å². The van der Waals surface area contributed by atoms with Gasteiger partial charge < -0.3 is 14.7 Å². The van der Waals surface area contributed by atoms with Crippen molar-refractivity contribution in [3.63, 3.8) is 0 Å². The van der Waals surface area contributed by atoms with Crippen LogP contribution in [0.1, 0.15) is 35.4 Å². The molecule has 3 aliphatic rings. The number of hydrogen-bond acceptors (Lipinski definition) is 6. The van der Waals surface area contributed by atoms with E-state index in [1.165, 1.54) is 0 Å². The van der Waals surface area contributed by atoms with Crippen LogP contribution in [0.15, 0.2) is 36.7 Å². The summed E-state index contributed by atoms with van der Waals surface area (Å²) >= 11 is 0. The van der Waals surface area contributed by atoms with Crippen molar-refractivity contribution in [3.05, 3.63) is 48.0 Å². The Morgan fingerprint density at radius 2 is 1.74 bits per heavy atom. The highest BCUT2D eigenvalue weighted by molar-refractivity contribution is 5.92. The topological polar surface area (TPSA) is 82.5 Å². The fourth-order valence-electron chi connectivity index (χ4n) is 5.83. The predicted molar refractivity (Wildman–Crippen MR) is 115 cm³/mol. The summed E-state index contributed by atoms with van der Waals surface area (Å²) in [6, 6.07) is 7.36. The van der Waals surface area contributed by atoms with Crippen molar-refractivity contribution in [3.8, 4) is 0 Å². The Labute approximate surface area is 182 Å². The molecule has 8 nitrogen and oxygen atoms in total. The summed E-state index contributed by atoms with van der Waals surface area (Å²) in [5, 5.41) is 0. The molecule has 5 rings (SSSR count). The SMILES string of the molecule is Cc1cccc(C(=O)N2CCC3(CC2)CN(c2ncccn2)CC32CCN(C)C2=O)n1. The quantitative estimate of drug-likeness (QED) is 0.737. The molecule has 31 heavy (non-hydrogen) atoms. The normalized spacial score (nSPS) is 25.1. The molecule has 162 valence electrons. The van der Waals surface area contributed by atoms with Gasteiger partial charge in [-0.3, -0.25) is 9.59 Å². The lowest BCUT2D eigenvalue weighted by Crippen LogP contribution is -2.53. The number of hydrogen-bond donors (Lipinski definition) is 0. The van der Waals surface area contributed by atoms with Crippen molar-refractivity contribution < 1.29 is 9.59 Å². The van der Waals surface area contributed by atoms with Crippen LogP contribution in [0.25, 0.3) is 0 Å². The summed E-state index contributed by atoms with van der Waals surface area (Å²) < 4.78 is 0. The second-order valence-electron chi connectivity index (χ2n) is 9.20. The highest BCUT2D eigenvalue weighted by atomic mass is 16.2. The van der Waals surface area contributed by atoms with E-state index in [1.807, 2.05) is 42.0 Å². The average molecular weight is 421 g/mol. The Balaban J connectivity index is 1.41. The first-order valence-electron chi connectivity index (χ1n) is 10.9. The van der Waals surface area contributed by atoms with Gasteiger partial charge in [-0.2, -0.15) is 0 Å². The van der Waals surface area contributed by atoms with Crippen LogP contribution in [0.2, 0.25) is 0 Å². The van der Waals surface area contributed by atoms with Crippen LogP contribution < -0.4 is 4.90 Å². The van der Waals surface area contributed by atoms with Crippen molar-refractivity contribution >= 4 is 17.8 Å². The molecule has 1 atom stereocenters. The number of aryl methyl sites for hydroxylation is 1. The van der Waals surface area contributed by atoms with E-state index >= 15 is 0 Å². The molecule has 3 saturated heterocycles. The van der Waals surface area contributed by atoms with E-state index in [9.17, 15) is 9.59 Å². The monoisotopic (exact) mass is 420 g/mol. The van der Waals surface area contributed by atoms with E-state index < -0.39 is 5.41 Å². The molecule has 1 unspecified atom stereocenters. The summed E-state index contributed by atoms with van der Waals surface area (Å²) in [5.41, 5.74) is 0.725. The second-order valence-corrected chi connectivity index (χ2v) is 9.20. The lowest BCUT2D eigenvalue weighted by molar-refractivity contribution is -0.140. The third kappa shape index (κ3) is 3.07. The third-order valence-electron chi connectivity index (χ3n) is 7.55. The maximum Gasteiger partial charge on any atom is 0.272 e. The molecule has 0 aromatic carbocycles. The number of pyridine rings is 1. The predicted octanol–water partition coefficient (Wildman–Crippen LogP) is 1.77. The summed E-state index contributed by atoms with van der Waals surface area (Å²) in [4.78, 5) is 45.7. The molecular formula is C23H28N6O2. The number of rotatable bonds is 2. The van der Waals surface area contributed by atoms with Crippen molar-refractivity contribution in [2.45, 2.75) is 26.2 Å². The zero-order valence-electron chi connectivity index (χ0n) is 18.1. The standard InChI is InChI=1S/C23H28N6O2/c1-17-5-3-6-18(26-17)19(30)28-13-7-22(8-14-28)15-29(21-24-10-4-11-25-21)16-23(22)9-12-27(2)20(23)31/h3-6,10-11H,7-9,12-16H2,1-2H3. The van der Waals surface area contributed by atoms with E-state index in [1.54, 1.807) is 18.5 Å². The van der Waals surface area contributed by atoms with Crippen molar-refractivity contribution in [1.82, 2.24) is 24.8 Å². The number of fused-ring (bicyclic) bond motifs is 1. The van der Waals surface area contributed by atoms with Gasteiger partial charge in [-0.1, -0.05) is 6.07 Å². The van der Waals surface area contributed by atoms with Crippen LogP contribution >= 0.6 is 0 Å². The molecule has 2 aromatic heterocycles. The number of likely N-dealkylation sites (tertiary alicyclic amines) is 2. The number of nitrogens with zero attached hydrogens (tertiary/aromatic N) is 6. The van der Waals surface area contributed by atoms with Gasteiger partial charge >= 0.3 is 0 Å². The maximum atomic E-state index is 13.4. The molecule has 5 heterocycles. The van der Waals surface area contributed by atoms with Crippen LogP contribution in [0.4, 0.5) is 5.95 Å². The second kappa shape index (κ2) is 7.28. The van der Waals surface area contributed by atoms with Crippen LogP contribution in [-0.4, -0.2) is 76.3 Å². The van der Waals surface area contributed by atoms with Gasteiger partial charge in [-0.15, -0.1) is 0 Å². The smallest absolute Gasteiger partial charge is 0.272 e. The Hall–Kier alpha value is -3.03. The summed E-state index contributed by atoms with van der Waals surface area (Å²) in [6.45, 7) is 5.34. The van der Waals surface area contributed by atoms with E-state index in [0.717, 1.165) is 38.0 Å². The molecule has 0 N–H and O–H groups in total. The van der Waals surface area contributed by atoms with E-state index in [0.29, 0.717) is 31.3 Å². The van der Waals surface area contributed by atoms with Crippen LogP contribution in [-0.2, 0) is 4.79 Å². The van der Waals surface area contributed by atoms with Crippen molar-refractivity contribution in [2.75, 3.05) is 44.7 Å². The number of carbonyl (C=O) groups excluding carboxylic acids is 2. The molecule has 0 aliphatic carbocycles. The van der Waals surface area contributed by atoms with Crippen molar-refractivity contribution in [2.24, 2.45) is 10.8 Å². The van der Waals surface area contributed by atoms with Gasteiger partial charge in [-0.25, -0.2) is 15.0 Å². The average Bonchev–Trinajstić information content (AvgIpc) is 3.27. The largest absolute Gasteiger partial charge is 0.345 e. The number of aromatic nitrogens is 3. The van der Waals surface area contributed by atoms with Crippen molar-refractivity contribution in [1.29, 1.82) is 0 Å². The van der Waals surface area contributed by atoms with Gasteiger partial charge in [0, 0.05) is 63.3 Å². The molecule has 2 spiro atoms. The highest BCUT2D eigenvalue weighted by Crippen LogP contribution is 2.58. The van der Waals surface area contributed by atoms with Gasteiger partial charge in [-0.05, 0) is 44.4 Å². The lowest BCUT2D eigenvalue weighted by Gasteiger charge is -2.46. The summed E-state index contributed by atoms with van der Waals surface area (Å²) in [6.07, 6.45) is 5.94. The Morgan fingerprint density at radius 3 is 2.39 bits per heavy atom. The highest BCUT2D eigenvalue weighted by Gasteiger charge is 2.65. The number of piperidine rings is 1. The van der Waals surface area contributed by atoms with Gasteiger partial charge in [0.15, 0.2) is 0 Å². The maximum absolute atomic E-state index is 13.4. The van der Waals surface area contributed by atoms with Gasteiger partial charge in [0.2, 0.25) is 11.9 Å². The minimum absolute atomic E-state index is 0.0243.